The van der Waals surface area contributed by atoms with Crippen LogP contribution in [0.2, 0.25) is 0 Å². The Balaban J connectivity index is 1.91. The molecule has 0 aliphatic heterocycles. The van der Waals surface area contributed by atoms with E-state index < -0.39 is 0 Å². The van der Waals surface area contributed by atoms with E-state index in [-0.39, 0.29) is 11.6 Å². The quantitative estimate of drug-likeness (QED) is 0.505. The number of rotatable bonds is 1. The second kappa shape index (κ2) is 4.74. The molecule has 22 heavy (non-hydrogen) atoms. The van der Waals surface area contributed by atoms with Crippen molar-refractivity contribution < 1.29 is 14.2 Å². The van der Waals surface area contributed by atoms with Crippen LogP contribution in [0.15, 0.2) is 73.1 Å². The van der Waals surface area contributed by atoms with Crippen LogP contribution in [0.4, 0.5) is 0 Å². The number of aromatic nitrogens is 1. The number of hydrogen-bond donors (Lipinski definition) is 0. The lowest BCUT2D eigenvalue weighted by atomic mass is 9.84. The number of ketones is 2. The van der Waals surface area contributed by atoms with Gasteiger partial charge in [0.2, 0.25) is 5.69 Å². The fraction of sp³-hybridized carbons (Fsp3) is 0. The average molecular weight is 286 g/mol. The minimum absolute atomic E-state index is 0.0881. The lowest BCUT2D eigenvalue weighted by Gasteiger charge is -2.16. The Morgan fingerprint density at radius 3 is 1.86 bits per heavy atom. The molecule has 104 valence electrons. The van der Waals surface area contributed by atoms with E-state index in [2.05, 4.69) is 0 Å². The number of pyridine rings is 1. The van der Waals surface area contributed by atoms with Crippen LogP contribution in [0.25, 0.3) is 5.69 Å². The van der Waals surface area contributed by atoms with Crippen molar-refractivity contribution in [3.05, 3.63) is 95.3 Å². The molecule has 3 heteroatoms. The summed E-state index contributed by atoms with van der Waals surface area (Å²) in [4.78, 5) is 25.2. The summed E-state index contributed by atoms with van der Waals surface area (Å²) in [6.07, 6.45) is 3.82. The van der Waals surface area contributed by atoms with Gasteiger partial charge in [0.1, 0.15) is 0 Å². The van der Waals surface area contributed by atoms with E-state index in [4.69, 9.17) is 0 Å². The summed E-state index contributed by atoms with van der Waals surface area (Å²) in [5, 5.41) is 0. The third-order valence-corrected chi connectivity index (χ3v) is 3.92. The van der Waals surface area contributed by atoms with E-state index in [0.29, 0.717) is 22.3 Å². The first kappa shape index (κ1) is 12.7. The van der Waals surface area contributed by atoms with Crippen molar-refractivity contribution in [1.82, 2.24) is 0 Å². The van der Waals surface area contributed by atoms with Gasteiger partial charge in [0.05, 0.1) is 0 Å². The predicted molar refractivity (Wildman–Crippen MR) is 81.3 cm³/mol. The van der Waals surface area contributed by atoms with Gasteiger partial charge in [-0.05, 0) is 6.07 Å². The zero-order valence-corrected chi connectivity index (χ0v) is 11.7. The van der Waals surface area contributed by atoms with Gasteiger partial charge < -0.3 is 0 Å². The molecule has 0 fully saturated rings. The van der Waals surface area contributed by atoms with Gasteiger partial charge in [-0.25, -0.2) is 0 Å². The zero-order valence-electron chi connectivity index (χ0n) is 11.7. The Hall–Kier alpha value is -3.07. The van der Waals surface area contributed by atoms with Gasteiger partial charge in [-0.3, -0.25) is 9.59 Å². The first-order valence-corrected chi connectivity index (χ1v) is 7.05. The zero-order chi connectivity index (χ0) is 15.1. The van der Waals surface area contributed by atoms with Gasteiger partial charge in [-0.1, -0.05) is 30.3 Å². The van der Waals surface area contributed by atoms with E-state index in [1.807, 2.05) is 41.2 Å². The molecule has 3 aromatic rings. The van der Waals surface area contributed by atoms with Crippen molar-refractivity contribution in [3.63, 3.8) is 0 Å². The lowest BCUT2D eigenvalue weighted by Crippen LogP contribution is -2.30. The summed E-state index contributed by atoms with van der Waals surface area (Å²) in [6.45, 7) is 0. The van der Waals surface area contributed by atoms with Crippen molar-refractivity contribution in [2.45, 2.75) is 0 Å². The number of carbonyl (C=O) groups excluding carboxylic acids is 2. The number of benzene rings is 2. The summed E-state index contributed by atoms with van der Waals surface area (Å²) >= 11 is 0. The second-order valence-electron chi connectivity index (χ2n) is 5.22. The fourth-order valence-electron chi connectivity index (χ4n) is 2.82. The van der Waals surface area contributed by atoms with Crippen molar-refractivity contribution in [3.8, 4) is 5.69 Å². The molecular formula is C19H12NO2+. The van der Waals surface area contributed by atoms with Crippen LogP contribution in [-0.4, -0.2) is 11.6 Å². The van der Waals surface area contributed by atoms with Crippen LogP contribution < -0.4 is 4.57 Å². The fourth-order valence-corrected chi connectivity index (χ4v) is 2.82. The Morgan fingerprint density at radius 2 is 1.18 bits per heavy atom. The molecule has 0 saturated heterocycles. The van der Waals surface area contributed by atoms with Gasteiger partial charge in [-0.2, -0.15) is 4.57 Å². The number of fused-ring (bicyclic) bond motifs is 2. The highest BCUT2D eigenvalue weighted by molar-refractivity contribution is 6.28. The van der Waals surface area contributed by atoms with E-state index in [1.54, 1.807) is 36.4 Å². The molecule has 4 rings (SSSR count). The summed E-state index contributed by atoms with van der Waals surface area (Å²) in [6, 6.07) is 18.1. The van der Waals surface area contributed by atoms with E-state index in [0.717, 1.165) is 5.69 Å². The molecule has 3 nitrogen and oxygen atoms in total. The molecule has 0 atom stereocenters. The molecule has 0 saturated carbocycles. The summed E-state index contributed by atoms with van der Waals surface area (Å²) < 4.78 is 1.92. The Morgan fingerprint density at radius 1 is 0.591 bits per heavy atom. The third kappa shape index (κ3) is 1.79. The smallest absolute Gasteiger partial charge is 0.211 e. The topological polar surface area (TPSA) is 38.0 Å². The molecule has 1 aromatic heterocycles. The standard InChI is InChI=1S/C19H12NO2/c21-18-14-6-2-3-7-15(14)19(22)17-12-13(8-9-16(17)18)20-10-4-1-5-11-20/h1-12H/q+1. The van der Waals surface area contributed by atoms with Gasteiger partial charge in [-0.15, -0.1) is 0 Å². The molecule has 0 amide bonds. The maximum atomic E-state index is 12.7. The van der Waals surface area contributed by atoms with Gasteiger partial charge in [0.15, 0.2) is 24.0 Å². The summed E-state index contributed by atoms with van der Waals surface area (Å²) in [7, 11) is 0. The van der Waals surface area contributed by atoms with Crippen LogP contribution in [0, 0.1) is 0 Å². The minimum atomic E-state index is -0.0939. The molecule has 2 aromatic carbocycles. The molecule has 0 spiro atoms. The van der Waals surface area contributed by atoms with Crippen molar-refractivity contribution in [2.24, 2.45) is 0 Å². The Bertz CT molecular complexity index is 914. The maximum absolute atomic E-state index is 12.7. The molecule has 1 aliphatic carbocycles. The summed E-state index contributed by atoms with van der Waals surface area (Å²) in [5.41, 5.74) is 2.77. The van der Waals surface area contributed by atoms with Crippen molar-refractivity contribution in [2.75, 3.05) is 0 Å². The number of hydrogen-bond acceptors (Lipinski definition) is 2. The largest absolute Gasteiger partial charge is 0.289 e. The van der Waals surface area contributed by atoms with Crippen molar-refractivity contribution in [1.29, 1.82) is 0 Å². The molecular weight excluding hydrogens is 274 g/mol. The maximum Gasteiger partial charge on any atom is 0.211 e. The number of carbonyl (C=O) groups is 2. The highest BCUT2D eigenvalue weighted by Gasteiger charge is 2.30. The van der Waals surface area contributed by atoms with Crippen LogP contribution >= 0.6 is 0 Å². The highest BCUT2D eigenvalue weighted by Crippen LogP contribution is 2.27. The summed E-state index contributed by atoms with van der Waals surface area (Å²) in [5.74, 6) is -0.182. The third-order valence-electron chi connectivity index (χ3n) is 3.92. The number of nitrogens with zero attached hydrogens (tertiary/aromatic N) is 1. The molecule has 0 N–H and O–H groups in total. The van der Waals surface area contributed by atoms with Crippen LogP contribution in [0.1, 0.15) is 31.8 Å². The molecule has 1 heterocycles. The van der Waals surface area contributed by atoms with Gasteiger partial charge in [0.25, 0.3) is 0 Å². The van der Waals surface area contributed by atoms with Gasteiger partial charge >= 0.3 is 0 Å². The highest BCUT2D eigenvalue weighted by atomic mass is 16.1. The minimum Gasteiger partial charge on any atom is -0.289 e. The SMILES string of the molecule is O=C1c2ccccc2C(=O)c2cc(-[n+]3ccccc3)ccc21. The molecule has 1 aliphatic rings. The normalized spacial score (nSPS) is 12.7. The molecule has 0 bridgehead atoms. The lowest BCUT2D eigenvalue weighted by molar-refractivity contribution is -0.595. The molecule has 0 unspecified atom stereocenters. The van der Waals surface area contributed by atoms with E-state index >= 15 is 0 Å². The second-order valence-corrected chi connectivity index (χ2v) is 5.22. The van der Waals surface area contributed by atoms with Crippen molar-refractivity contribution >= 4 is 11.6 Å². The Labute approximate surface area is 127 Å². The molecule has 0 radical (unpaired) electrons. The predicted octanol–water partition coefficient (Wildman–Crippen LogP) is 2.74. The van der Waals surface area contributed by atoms with Crippen LogP contribution in [0.3, 0.4) is 0 Å². The first-order chi connectivity index (χ1) is 10.8. The van der Waals surface area contributed by atoms with Crippen LogP contribution in [-0.2, 0) is 0 Å². The van der Waals surface area contributed by atoms with E-state index in [9.17, 15) is 9.59 Å². The first-order valence-electron chi connectivity index (χ1n) is 7.05. The van der Waals surface area contributed by atoms with Gasteiger partial charge in [0, 0.05) is 46.5 Å². The Kier molecular flexibility index (Phi) is 2.73. The average Bonchev–Trinajstić information content (AvgIpc) is 2.60. The van der Waals surface area contributed by atoms with E-state index in [1.165, 1.54) is 0 Å². The monoisotopic (exact) mass is 286 g/mol. The van der Waals surface area contributed by atoms with Crippen LogP contribution in [0.5, 0.6) is 0 Å².